The number of nitrogens with zero attached hydrogens (tertiary/aromatic N) is 2. The molecule has 0 aliphatic heterocycles. The van der Waals surface area contributed by atoms with Gasteiger partial charge >= 0.3 is 0 Å². The molecule has 0 fully saturated rings. The van der Waals surface area contributed by atoms with Crippen LogP contribution in [0.15, 0.2) is 35.1 Å². The molecule has 1 atom stereocenters. The van der Waals surface area contributed by atoms with Crippen molar-refractivity contribution in [3.05, 3.63) is 46.2 Å². The highest BCUT2D eigenvalue weighted by molar-refractivity contribution is 9.10. The first-order valence-corrected chi connectivity index (χ1v) is 7.41. The van der Waals surface area contributed by atoms with Gasteiger partial charge in [-0.05, 0) is 59.1 Å². The third-order valence-electron chi connectivity index (χ3n) is 3.41. The van der Waals surface area contributed by atoms with Crippen LogP contribution >= 0.6 is 15.9 Å². The lowest BCUT2D eigenvalue weighted by Gasteiger charge is -2.17. The summed E-state index contributed by atoms with van der Waals surface area (Å²) in [5.41, 5.74) is 2.52. The van der Waals surface area contributed by atoms with Crippen molar-refractivity contribution in [2.45, 2.75) is 18.9 Å². The molecule has 1 aromatic carbocycles. The number of ether oxygens (including phenoxy) is 1. The summed E-state index contributed by atoms with van der Waals surface area (Å²) in [5.74, 6) is 0.857. The molecule has 0 radical (unpaired) electrons. The Morgan fingerprint density at radius 2 is 2.25 bits per heavy atom. The van der Waals surface area contributed by atoms with Gasteiger partial charge in [0, 0.05) is 19.3 Å². The van der Waals surface area contributed by atoms with E-state index in [9.17, 15) is 0 Å². The van der Waals surface area contributed by atoms with Gasteiger partial charge in [-0.2, -0.15) is 5.10 Å². The maximum absolute atomic E-state index is 5.27. The molecular formula is C15H20BrN3O. The Bertz CT molecular complexity index is 568. The molecule has 1 aromatic heterocycles. The van der Waals surface area contributed by atoms with Gasteiger partial charge in [0.2, 0.25) is 0 Å². The number of nitrogens with one attached hydrogen (secondary N) is 1. The Balaban J connectivity index is 2.06. The van der Waals surface area contributed by atoms with Crippen LogP contribution in [-0.4, -0.2) is 23.9 Å². The number of hydrogen-bond donors (Lipinski definition) is 1. The highest BCUT2D eigenvalue weighted by Crippen LogP contribution is 2.29. The van der Waals surface area contributed by atoms with Crippen molar-refractivity contribution in [2.24, 2.45) is 7.05 Å². The fraction of sp³-hybridized carbons (Fsp3) is 0.400. The lowest BCUT2D eigenvalue weighted by atomic mass is 10.0. The topological polar surface area (TPSA) is 39.1 Å². The first kappa shape index (κ1) is 15.1. The van der Waals surface area contributed by atoms with Crippen LogP contribution in [0, 0.1) is 0 Å². The molecule has 0 spiro atoms. The number of hydrogen-bond acceptors (Lipinski definition) is 3. The Hall–Kier alpha value is -1.33. The van der Waals surface area contributed by atoms with Gasteiger partial charge in [0.05, 0.1) is 17.8 Å². The number of methoxy groups -OCH3 is 1. The van der Waals surface area contributed by atoms with Crippen LogP contribution in [0.5, 0.6) is 5.75 Å². The molecule has 2 rings (SSSR count). The molecule has 0 amide bonds. The van der Waals surface area contributed by atoms with Crippen LogP contribution in [0.25, 0.3) is 0 Å². The number of aromatic nitrogens is 2. The van der Waals surface area contributed by atoms with E-state index < -0.39 is 0 Å². The molecule has 0 bridgehead atoms. The van der Waals surface area contributed by atoms with Crippen molar-refractivity contribution in [3.63, 3.8) is 0 Å². The van der Waals surface area contributed by atoms with Gasteiger partial charge < -0.3 is 10.1 Å². The average Bonchev–Trinajstić information content (AvgIpc) is 2.85. The fourth-order valence-corrected chi connectivity index (χ4v) is 2.85. The van der Waals surface area contributed by atoms with E-state index in [0.717, 1.165) is 23.1 Å². The van der Waals surface area contributed by atoms with Crippen molar-refractivity contribution in [3.8, 4) is 5.75 Å². The van der Waals surface area contributed by atoms with E-state index in [1.54, 1.807) is 7.11 Å². The molecule has 108 valence electrons. The van der Waals surface area contributed by atoms with Gasteiger partial charge in [0.1, 0.15) is 5.75 Å². The molecule has 4 nitrogen and oxygen atoms in total. The van der Waals surface area contributed by atoms with Crippen molar-refractivity contribution in [1.29, 1.82) is 0 Å². The molecule has 1 unspecified atom stereocenters. The van der Waals surface area contributed by atoms with Crippen molar-refractivity contribution in [2.75, 3.05) is 14.2 Å². The highest BCUT2D eigenvalue weighted by atomic mass is 79.9. The Morgan fingerprint density at radius 1 is 1.45 bits per heavy atom. The van der Waals surface area contributed by atoms with E-state index >= 15 is 0 Å². The van der Waals surface area contributed by atoms with Crippen molar-refractivity contribution in [1.82, 2.24) is 15.1 Å². The van der Waals surface area contributed by atoms with Gasteiger partial charge in [-0.25, -0.2) is 0 Å². The predicted molar refractivity (Wildman–Crippen MR) is 84.0 cm³/mol. The van der Waals surface area contributed by atoms with E-state index in [2.05, 4.69) is 44.7 Å². The summed E-state index contributed by atoms with van der Waals surface area (Å²) >= 11 is 3.54. The smallest absolute Gasteiger partial charge is 0.133 e. The lowest BCUT2D eigenvalue weighted by Crippen LogP contribution is -2.17. The third-order valence-corrected chi connectivity index (χ3v) is 4.03. The quantitative estimate of drug-likeness (QED) is 0.880. The van der Waals surface area contributed by atoms with Crippen molar-refractivity contribution < 1.29 is 4.74 Å². The molecule has 5 heteroatoms. The molecule has 1 heterocycles. The Labute approximate surface area is 128 Å². The average molecular weight is 338 g/mol. The minimum atomic E-state index is 0.317. The number of benzene rings is 1. The first-order chi connectivity index (χ1) is 9.63. The SMILES string of the molecule is CNC(CCc1cnn(C)c1)c1ccc(OC)c(Br)c1. The molecule has 0 saturated carbocycles. The first-order valence-electron chi connectivity index (χ1n) is 6.62. The summed E-state index contributed by atoms with van der Waals surface area (Å²) < 4.78 is 8.09. The van der Waals surface area contributed by atoms with E-state index in [-0.39, 0.29) is 0 Å². The second kappa shape index (κ2) is 6.90. The second-order valence-corrected chi connectivity index (χ2v) is 5.65. The summed E-state index contributed by atoms with van der Waals surface area (Å²) in [7, 11) is 5.61. The number of aryl methyl sites for hydroxylation is 2. The normalized spacial score (nSPS) is 12.4. The Kier molecular flexibility index (Phi) is 5.20. The van der Waals surface area contributed by atoms with Crippen LogP contribution < -0.4 is 10.1 Å². The summed E-state index contributed by atoms with van der Waals surface area (Å²) in [6, 6.07) is 6.53. The van der Waals surface area contributed by atoms with E-state index in [4.69, 9.17) is 4.74 Å². The molecular weight excluding hydrogens is 318 g/mol. The zero-order chi connectivity index (χ0) is 14.5. The van der Waals surface area contributed by atoms with Gasteiger partial charge in [0.15, 0.2) is 0 Å². The summed E-state index contributed by atoms with van der Waals surface area (Å²) in [4.78, 5) is 0. The van der Waals surface area contributed by atoms with Crippen LogP contribution in [0.1, 0.15) is 23.6 Å². The van der Waals surface area contributed by atoms with E-state index in [1.165, 1.54) is 11.1 Å². The Morgan fingerprint density at radius 3 is 2.80 bits per heavy atom. The zero-order valence-corrected chi connectivity index (χ0v) is 13.6. The maximum atomic E-state index is 5.27. The van der Waals surface area contributed by atoms with Gasteiger partial charge in [-0.15, -0.1) is 0 Å². The van der Waals surface area contributed by atoms with E-state index in [1.807, 2.05) is 31.0 Å². The monoisotopic (exact) mass is 337 g/mol. The van der Waals surface area contributed by atoms with E-state index in [0.29, 0.717) is 6.04 Å². The molecule has 0 saturated heterocycles. The second-order valence-electron chi connectivity index (χ2n) is 4.80. The molecule has 0 aliphatic rings. The molecule has 0 aliphatic carbocycles. The van der Waals surface area contributed by atoms with Gasteiger partial charge in [-0.3, -0.25) is 4.68 Å². The minimum Gasteiger partial charge on any atom is -0.496 e. The molecule has 1 N–H and O–H groups in total. The molecule has 20 heavy (non-hydrogen) atoms. The molecule has 2 aromatic rings. The predicted octanol–water partition coefficient (Wildman–Crippen LogP) is 3.08. The summed E-state index contributed by atoms with van der Waals surface area (Å²) in [5, 5.41) is 7.57. The van der Waals surface area contributed by atoms with Crippen LogP contribution in [0.4, 0.5) is 0 Å². The maximum Gasteiger partial charge on any atom is 0.133 e. The highest BCUT2D eigenvalue weighted by Gasteiger charge is 2.12. The zero-order valence-electron chi connectivity index (χ0n) is 12.1. The third kappa shape index (κ3) is 3.61. The lowest BCUT2D eigenvalue weighted by molar-refractivity contribution is 0.411. The largest absolute Gasteiger partial charge is 0.496 e. The summed E-state index contributed by atoms with van der Waals surface area (Å²) in [6.45, 7) is 0. The standard InChI is InChI=1S/C15H20BrN3O/c1-17-14(6-4-11-9-18-19(2)10-11)12-5-7-15(20-3)13(16)8-12/h5,7-10,14,17H,4,6H2,1-3H3. The fourth-order valence-electron chi connectivity index (χ4n) is 2.29. The number of halogens is 1. The minimum absolute atomic E-state index is 0.317. The summed E-state index contributed by atoms with van der Waals surface area (Å²) in [6.07, 6.45) is 6.03. The van der Waals surface area contributed by atoms with Crippen LogP contribution in [-0.2, 0) is 13.5 Å². The van der Waals surface area contributed by atoms with Gasteiger partial charge in [-0.1, -0.05) is 6.07 Å². The van der Waals surface area contributed by atoms with Crippen LogP contribution in [0.2, 0.25) is 0 Å². The van der Waals surface area contributed by atoms with Gasteiger partial charge in [0.25, 0.3) is 0 Å². The van der Waals surface area contributed by atoms with Crippen molar-refractivity contribution >= 4 is 15.9 Å². The number of rotatable bonds is 6. The van der Waals surface area contributed by atoms with Crippen LogP contribution in [0.3, 0.4) is 0 Å².